The second-order valence-corrected chi connectivity index (χ2v) is 5.06. The number of carbonyl (C=O) groups excluding carboxylic acids is 1. The van der Waals surface area contributed by atoms with Gasteiger partial charge in [-0.05, 0) is 24.3 Å². The third-order valence-corrected chi connectivity index (χ3v) is 3.52. The topological polar surface area (TPSA) is 54.5 Å². The van der Waals surface area contributed by atoms with E-state index in [0.29, 0.717) is 37.7 Å². The number of nitrogens with zero attached hydrogens (tertiary/aromatic N) is 2. The molecule has 0 bridgehead atoms. The molecule has 1 aliphatic heterocycles. The molecule has 1 aromatic heterocycles. The molecule has 2 aromatic rings. The predicted molar refractivity (Wildman–Crippen MR) is 81.6 cm³/mol. The van der Waals surface area contributed by atoms with Gasteiger partial charge >= 0.3 is 0 Å². The van der Waals surface area contributed by atoms with Crippen LogP contribution in [0.1, 0.15) is 10.4 Å². The maximum atomic E-state index is 13.2. The molecule has 23 heavy (non-hydrogen) atoms. The Morgan fingerprint density at radius 3 is 2.70 bits per heavy atom. The van der Waals surface area contributed by atoms with Crippen molar-refractivity contribution in [2.45, 2.75) is 0 Å². The highest BCUT2D eigenvalue weighted by molar-refractivity contribution is 6.07. The monoisotopic (exact) mass is 319 g/mol. The van der Waals surface area contributed by atoms with Crippen molar-refractivity contribution in [3.63, 3.8) is 0 Å². The van der Waals surface area contributed by atoms with E-state index in [2.05, 4.69) is 10.3 Å². The second-order valence-electron chi connectivity index (χ2n) is 5.06. The number of amides is 1. The van der Waals surface area contributed by atoms with Crippen LogP contribution in [-0.2, 0) is 4.74 Å². The maximum absolute atomic E-state index is 13.2. The number of halogens is 2. The minimum absolute atomic E-state index is 0.186. The molecular weight excluding hydrogens is 304 g/mol. The summed E-state index contributed by atoms with van der Waals surface area (Å²) in [6.07, 6.45) is 1.61. The van der Waals surface area contributed by atoms with Crippen LogP contribution in [0.4, 0.5) is 20.3 Å². The first kappa shape index (κ1) is 15.4. The molecule has 0 saturated carbocycles. The van der Waals surface area contributed by atoms with Gasteiger partial charge in [-0.2, -0.15) is 0 Å². The smallest absolute Gasteiger partial charge is 0.259 e. The minimum atomic E-state index is -1.01. The molecule has 1 fully saturated rings. The molecule has 0 unspecified atom stereocenters. The first-order valence-corrected chi connectivity index (χ1v) is 7.19. The number of hydrogen-bond donors (Lipinski definition) is 1. The van der Waals surface area contributed by atoms with Gasteiger partial charge in [-0.3, -0.25) is 4.79 Å². The van der Waals surface area contributed by atoms with Crippen molar-refractivity contribution < 1.29 is 18.3 Å². The van der Waals surface area contributed by atoms with Gasteiger partial charge in [0.1, 0.15) is 5.82 Å². The normalized spacial score (nSPS) is 14.6. The molecule has 1 saturated heterocycles. The summed E-state index contributed by atoms with van der Waals surface area (Å²) in [5.41, 5.74) is 0.560. The standard InChI is InChI=1S/C16H15F2N3O2/c17-13-4-3-11(10-14(13)18)20-16(22)12-2-1-5-19-15(12)21-6-8-23-9-7-21/h1-5,10H,6-9H2,(H,20,22). The molecule has 0 radical (unpaired) electrons. The highest BCUT2D eigenvalue weighted by atomic mass is 19.2. The Morgan fingerprint density at radius 1 is 1.17 bits per heavy atom. The van der Waals surface area contributed by atoms with E-state index in [4.69, 9.17) is 4.74 Å². The number of hydrogen-bond acceptors (Lipinski definition) is 4. The van der Waals surface area contributed by atoms with Gasteiger partial charge < -0.3 is 15.0 Å². The molecule has 1 aliphatic rings. The molecule has 0 spiro atoms. The summed E-state index contributed by atoms with van der Waals surface area (Å²) in [5, 5.41) is 2.56. The molecule has 0 aliphatic carbocycles. The van der Waals surface area contributed by atoms with Crippen molar-refractivity contribution in [3.8, 4) is 0 Å². The van der Waals surface area contributed by atoms with E-state index in [1.807, 2.05) is 4.90 Å². The van der Waals surface area contributed by atoms with Crippen molar-refractivity contribution in [1.82, 2.24) is 4.98 Å². The van der Waals surface area contributed by atoms with Gasteiger partial charge in [0.2, 0.25) is 0 Å². The van der Waals surface area contributed by atoms with E-state index in [1.54, 1.807) is 18.3 Å². The number of anilines is 2. The van der Waals surface area contributed by atoms with E-state index in [9.17, 15) is 13.6 Å². The number of benzene rings is 1. The van der Waals surface area contributed by atoms with E-state index in [-0.39, 0.29) is 5.69 Å². The Morgan fingerprint density at radius 2 is 1.96 bits per heavy atom. The summed E-state index contributed by atoms with van der Waals surface area (Å²) in [6.45, 7) is 2.42. The van der Waals surface area contributed by atoms with Crippen molar-refractivity contribution in [3.05, 3.63) is 53.7 Å². The van der Waals surface area contributed by atoms with Gasteiger partial charge in [-0.15, -0.1) is 0 Å². The van der Waals surface area contributed by atoms with Crippen LogP contribution in [0.15, 0.2) is 36.5 Å². The van der Waals surface area contributed by atoms with E-state index in [1.165, 1.54) is 6.07 Å². The van der Waals surface area contributed by atoms with Crippen LogP contribution < -0.4 is 10.2 Å². The van der Waals surface area contributed by atoms with Crippen molar-refractivity contribution in [1.29, 1.82) is 0 Å². The Labute approximate surface area is 131 Å². The number of rotatable bonds is 3. The molecule has 120 valence electrons. The van der Waals surface area contributed by atoms with E-state index in [0.717, 1.165) is 12.1 Å². The molecule has 3 rings (SSSR count). The van der Waals surface area contributed by atoms with Crippen molar-refractivity contribution in [2.75, 3.05) is 36.5 Å². The molecule has 7 heteroatoms. The minimum Gasteiger partial charge on any atom is -0.378 e. The summed E-state index contributed by atoms with van der Waals surface area (Å²) in [4.78, 5) is 18.7. The maximum Gasteiger partial charge on any atom is 0.259 e. The lowest BCUT2D eigenvalue weighted by Gasteiger charge is -2.29. The molecule has 0 atom stereocenters. The van der Waals surface area contributed by atoms with Crippen LogP contribution in [0.5, 0.6) is 0 Å². The Balaban J connectivity index is 1.83. The van der Waals surface area contributed by atoms with Crippen LogP contribution in [-0.4, -0.2) is 37.2 Å². The van der Waals surface area contributed by atoms with Crippen LogP contribution in [0, 0.1) is 11.6 Å². The number of nitrogens with one attached hydrogen (secondary N) is 1. The second kappa shape index (κ2) is 6.70. The summed E-state index contributed by atoms with van der Waals surface area (Å²) in [6, 6.07) is 6.52. The average molecular weight is 319 g/mol. The van der Waals surface area contributed by atoms with E-state index < -0.39 is 17.5 Å². The molecule has 5 nitrogen and oxygen atoms in total. The van der Waals surface area contributed by atoms with Crippen molar-refractivity contribution in [2.24, 2.45) is 0 Å². The fraction of sp³-hybridized carbons (Fsp3) is 0.250. The lowest BCUT2D eigenvalue weighted by molar-refractivity contribution is 0.102. The summed E-state index contributed by atoms with van der Waals surface area (Å²) < 4.78 is 31.5. The highest BCUT2D eigenvalue weighted by Gasteiger charge is 2.20. The van der Waals surface area contributed by atoms with Crippen LogP contribution in [0.2, 0.25) is 0 Å². The zero-order valence-corrected chi connectivity index (χ0v) is 12.3. The average Bonchev–Trinajstić information content (AvgIpc) is 2.59. The predicted octanol–water partition coefficient (Wildman–Crippen LogP) is 2.45. The SMILES string of the molecule is O=C(Nc1ccc(F)c(F)c1)c1cccnc1N1CCOCC1. The lowest BCUT2D eigenvalue weighted by atomic mass is 10.2. The number of pyridine rings is 1. The molecule has 2 heterocycles. The van der Waals surface area contributed by atoms with Crippen LogP contribution in [0.3, 0.4) is 0 Å². The molecule has 1 amide bonds. The third-order valence-electron chi connectivity index (χ3n) is 3.52. The Kier molecular flexibility index (Phi) is 4.47. The molecule has 1 N–H and O–H groups in total. The fourth-order valence-electron chi connectivity index (χ4n) is 2.37. The summed E-state index contributed by atoms with van der Waals surface area (Å²) in [7, 11) is 0. The van der Waals surface area contributed by atoms with Gasteiger partial charge in [0.15, 0.2) is 11.6 Å². The molecule has 1 aromatic carbocycles. The van der Waals surface area contributed by atoms with Crippen LogP contribution in [0.25, 0.3) is 0 Å². The number of carbonyl (C=O) groups is 1. The van der Waals surface area contributed by atoms with Gasteiger partial charge in [0.25, 0.3) is 5.91 Å². The van der Waals surface area contributed by atoms with Gasteiger partial charge in [-0.25, -0.2) is 13.8 Å². The number of aromatic nitrogens is 1. The Bertz CT molecular complexity index is 718. The van der Waals surface area contributed by atoms with Gasteiger partial charge in [-0.1, -0.05) is 0 Å². The Hall–Kier alpha value is -2.54. The van der Waals surface area contributed by atoms with Gasteiger partial charge in [0, 0.05) is 31.0 Å². The molecular formula is C16H15F2N3O2. The van der Waals surface area contributed by atoms with Gasteiger partial charge in [0.05, 0.1) is 18.8 Å². The zero-order valence-electron chi connectivity index (χ0n) is 12.3. The first-order valence-electron chi connectivity index (χ1n) is 7.19. The highest BCUT2D eigenvalue weighted by Crippen LogP contribution is 2.20. The van der Waals surface area contributed by atoms with Crippen molar-refractivity contribution >= 4 is 17.4 Å². The largest absolute Gasteiger partial charge is 0.378 e. The fourth-order valence-corrected chi connectivity index (χ4v) is 2.37. The quantitative estimate of drug-likeness (QED) is 0.944. The third kappa shape index (κ3) is 3.45. The lowest BCUT2D eigenvalue weighted by Crippen LogP contribution is -2.38. The number of ether oxygens (including phenoxy) is 1. The summed E-state index contributed by atoms with van der Waals surface area (Å²) in [5.74, 6) is -1.85. The van der Waals surface area contributed by atoms with Crippen LogP contribution >= 0.6 is 0 Å². The summed E-state index contributed by atoms with van der Waals surface area (Å²) >= 11 is 0. The number of morpholine rings is 1. The van der Waals surface area contributed by atoms with E-state index >= 15 is 0 Å². The first-order chi connectivity index (χ1) is 11.1. The zero-order chi connectivity index (χ0) is 16.2.